The first-order valence-corrected chi connectivity index (χ1v) is 7.34. The summed E-state index contributed by atoms with van der Waals surface area (Å²) in [4.78, 5) is 15.6. The molecule has 1 aromatic carbocycles. The lowest BCUT2D eigenvalue weighted by Gasteiger charge is -2.08. The Labute approximate surface area is 129 Å². The number of hydrogen-bond acceptors (Lipinski definition) is 4. The number of phenols is 1. The van der Waals surface area contributed by atoms with E-state index in [1.54, 1.807) is 24.4 Å². The zero-order valence-electron chi connectivity index (χ0n) is 10.9. The molecule has 0 spiro atoms. The van der Waals surface area contributed by atoms with Gasteiger partial charge in [0.15, 0.2) is 0 Å². The van der Waals surface area contributed by atoms with Gasteiger partial charge in [-0.2, -0.15) is 0 Å². The van der Waals surface area contributed by atoms with E-state index in [0.29, 0.717) is 21.8 Å². The summed E-state index contributed by atoms with van der Waals surface area (Å²) in [5, 5.41) is 21.3. The maximum absolute atomic E-state index is 11.3. The van der Waals surface area contributed by atoms with Crippen LogP contribution in [0.1, 0.15) is 16.1 Å². The number of benzene rings is 1. The Kier molecular flexibility index (Phi) is 3.31. The Hall–Kier alpha value is -2.11. The standard InChI is InChI=1S/C15H10ClNO3S/c1-7-4-10(9-5-8(16)2-3-12(9)18)14-13(17-7)11(6-21-14)15(19)20/h2-6,18H,1H3,(H,19,20). The summed E-state index contributed by atoms with van der Waals surface area (Å²) in [6, 6.07) is 6.59. The van der Waals surface area contributed by atoms with Crippen LogP contribution in [0.2, 0.25) is 5.02 Å². The highest BCUT2D eigenvalue weighted by Gasteiger charge is 2.18. The van der Waals surface area contributed by atoms with E-state index in [1.165, 1.54) is 17.4 Å². The smallest absolute Gasteiger partial charge is 0.338 e. The lowest BCUT2D eigenvalue weighted by atomic mass is 10.0. The van der Waals surface area contributed by atoms with Gasteiger partial charge in [0.1, 0.15) is 5.75 Å². The van der Waals surface area contributed by atoms with Crippen LogP contribution in [0.5, 0.6) is 5.75 Å². The van der Waals surface area contributed by atoms with E-state index in [-0.39, 0.29) is 11.3 Å². The third-order valence-electron chi connectivity index (χ3n) is 3.13. The third-order valence-corrected chi connectivity index (χ3v) is 4.37. The number of pyridine rings is 1. The molecule has 0 radical (unpaired) electrons. The van der Waals surface area contributed by atoms with Crippen LogP contribution in [0.4, 0.5) is 0 Å². The maximum atomic E-state index is 11.3. The number of hydrogen-bond donors (Lipinski definition) is 2. The molecule has 0 saturated heterocycles. The second kappa shape index (κ2) is 5.02. The van der Waals surface area contributed by atoms with E-state index >= 15 is 0 Å². The lowest BCUT2D eigenvalue weighted by molar-refractivity contribution is 0.0699. The molecule has 0 atom stereocenters. The minimum atomic E-state index is -1.01. The number of halogens is 1. The number of nitrogens with zero attached hydrogens (tertiary/aromatic N) is 1. The van der Waals surface area contributed by atoms with Gasteiger partial charge in [0.05, 0.1) is 15.8 Å². The van der Waals surface area contributed by atoms with Crippen LogP contribution in [0.25, 0.3) is 21.3 Å². The normalized spacial score (nSPS) is 11.0. The van der Waals surface area contributed by atoms with Gasteiger partial charge in [0, 0.05) is 27.2 Å². The topological polar surface area (TPSA) is 70.4 Å². The molecule has 106 valence electrons. The minimum absolute atomic E-state index is 0.0941. The predicted molar refractivity (Wildman–Crippen MR) is 83.4 cm³/mol. The lowest BCUT2D eigenvalue weighted by Crippen LogP contribution is -1.96. The van der Waals surface area contributed by atoms with E-state index in [1.807, 2.05) is 6.07 Å². The fourth-order valence-corrected chi connectivity index (χ4v) is 3.40. The second-order valence-electron chi connectivity index (χ2n) is 4.60. The summed E-state index contributed by atoms with van der Waals surface area (Å²) in [7, 11) is 0. The number of aromatic carboxylic acids is 1. The number of carboxylic acid groups (broad SMARTS) is 1. The first-order valence-electron chi connectivity index (χ1n) is 6.08. The van der Waals surface area contributed by atoms with Crippen molar-refractivity contribution in [2.24, 2.45) is 0 Å². The highest BCUT2D eigenvalue weighted by Crippen LogP contribution is 2.39. The molecule has 0 aliphatic rings. The highest BCUT2D eigenvalue weighted by atomic mass is 35.5. The zero-order chi connectivity index (χ0) is 15.1. The van der Waals surface area contributed by atoms with E-state index < -0.39 is 5.97 Å². The third kappa shape index (κ3) is 2.34. The van der Waals surface area contributed by atoms with Gasteiger partial charge >= 0.3 is 5.97 Å². The Morgan fingerprint density at radius 2 is 2.05 bits per heavy atom. The molecule has 3 rings (SSSR count). The van der Waals surface area contributed by atoms with Gasteiger partial charge in [-0.05, 0) is 31.2 Å². The Balaban J connectivity index is 2.37. The van der Waals surface area contributed by atoms with Crippen molar-refractivity contribution in [3.05, 3.63) is 45.9 Å². The number of carbonyl (C=O) groups is 1. The predicted octanol–water partition coefficient (Wildman–Crippen LogP) is 4.33. The monoisotopic (exact) mass is 319 g/mol. The summed E-state index contributed by atoms with van der Waals surface area (Å²) in [5.41, 5.74) is 2.58. The molecule has 21 heavy (non-hydrogen) atoms. The molecule has 2 aromatic heterocycles. The molecule has 2 N–H and O–H groups in total. The number of fused-ring (bicyclic) bond motifs is 1. The Bertz CT molecular complexity index is 873. The van der Waals surface area contributed by atoms with Crippen molar-refractivity contribution in [2.75, 3.05) is 0 Å². The second-order valence-corrected chi connectivity index (χ2v) is 5.92. The van der Waals surface area contributed by atoms with Gasteiger partial charge < -0.3 is 10.2 Å². The first-order chi connectivity index (χ1) is 9.97. The van der Waals surface area contributed by atoms with Crippen molar-refractivity contribution in [1.82, 2.24) is 4.98 Å². The molecular formula is C15H10ClNO3S. The van der Waals surface area contributed by atoms with Crippen molar-refractivity contribution in [2.45, 2.75) is 6.92 Å². The summed E-state index contributed by atoms with van der Waals surface area (Å²) >= 11 is 7.29. The van der Waals surface area contributed by atoms with Crippen LogP contribution in [0.15, 0.2) is 29.6 Å². The summed E-state index contributed by atoms with van der Waals surface area (Å²) in [6.07, 6.45) is 0. The van der Waals surface area contributed by atoms with Crippen LogP contribution in [0.3, 0.4) is 0 Å². The Morgan fingerprint density at radius 3 is 2.76 bits per heavy atom. The van der Waals surface area contributed by atoms with Crippen molar-refractivity contribution in [3.63, 3.8) is 0 Å². The van der Waals surface area contributed by atoms with Crippen LogP contribution in [-0.4, -0.2) is 21.2 Å². The van der Waals surface area contributed by atoms with Crippen molar-refractivity contribution >= 4 is 39.1 Å². The van der Waals surface area contributed by atoms with Crippen molar-refractivity contribution in [1.29, 1.82) is 0 Å². The molecule has 2 heterocycles. The molecule has 4 nitrogen and oxygen atoms in total. The molecule has 0 bridgehead atoms. The van der Waals surface area contributed by atoms with Crippen LogP contribution in [-0.2, 0) is 0 Å². The first kappa shape index (κ1) is 13.9. The van der Waals surface area contributed by atoms with Crippen LogP contribution >= 0.6 is 22.9 Å². The number of rotatable bonds is 2. The molecule has 6 heteroatoms. The quantitative estimate of drug-likeness (QED) is 0.737. The molecule has 0 unspecified atom stereocenters. The van der Waals surface area contributed by atoms with Crippen molar-refractivity contribution in [3.8, 4) is 16.9 Å². The Morgan fingerprint density at radius 1 is 1.29 bits per heavy atom. The average Bonchev–Trinajstić information content (AvgIpc) is 2.84. The maximum Gasteiger partial charge on any atom is 0.338 e. The average molecular weight is 320 g/mol. The fourth-order valence-electron chi connectivity index (χ4n) is 2.21. The summed E-state index contributed by atoms with van der Waals surface area (Å²) < 4.78 is 0.718. The SMILES string of the molecule is Cc1cc(-c2cc(Cl)ccc2O)c2scc(C(=O)O)c2n1. The summed E-state index contributed by atoms with van der Waals surface area (Å²) in [5.74, 6) is -0.919. The van der Waals surface area contributed by atoms with Crippen LogP contribution in [0, 0.1) is 6.92 Å². The number of carboxylic acids is 1. The van der Waals surface area contributed by atoms with E-state index in [4.69, 9.17) is 11.6 Å². The highest BCUT2D eigenvalue weighted by molar-refractivity contribution is 7.18. The molecule has 0 aliphatic heterocycles. The van der Waals surface area contributed by atoms with Gasteiger partial charge in [-0.1, -0.05) is 11.6 Å². The number of aromatic nitrogens is 1. The van der Waals surface area contributed by atoms with Gasteiger partial charge in [0.25, 0.3) is 0 Å². The molecular weight excluding hydrogens is 310 g/mol. The van der Waals surface area contributed by atoms with Gasteiger partial charge in [-0.25, -0.2) is 4.79 Å². The molecule has 0 saturated carbocycles. The molecule has 3 aromatic rings. The van der Waals surface area contributed by atoms with E-state index in [0.717, 1.165) is 10.3 Å². The molecule has 0 fully saturated rings. The van der Waals surface area contributed by atoms with Gasteiger partial charge in [0.2, 0.25) is 0 Å². The molecule has 0 amide bonds. The number of phenolic OH excluding ortho intramolecular Hbond substituents is 1. The van der Waals surface area contributed by atoms with E-state index in [2.05, 4.69) is 4.98 Å². The fraction of sp³-hybridized carbons (Fsp3) is 0.0667. The zero-order valence-corrected chi connectivity index (χ0v) is 12.5. The van der Waals surface area contributed by atoms with Crippen LogP contribution < -0.4 is 0 Å². The number of thiophene rings is 1. The largest absolute Gasteiger partial charge is 0.507 e. The summed E-state index contributed by atoms with van der Waals surface area (Å²) in [6.45, 7) is 1.79. The minimum Gasteiger partial charge on any atom is -0.507 e. The van der Waals surface area contributed by atoms with Gasteiger partial charge in [-0.3, -0.25) is 4.98 Å². The van der Waals surface area contributed by atoms with E-state index in [9.17, 15) is 15.0 Å². The number of aromatic hydroxyl groups is 1. The number of aryl methyl sites for hydroxylation is 1. The van der Waals surface area contributed by atoms with Gasteiger partial charge in [-0.15, -0.1) is 11.3 Å². The molecule has 0 aliphatic carbocycles. The van der Waals surface area contributed by atoms with Crippen molar-refractivity contribution < 1.29 is 15.0 Å².